The molecule has 0 aliphatic rings. The first-order chi connectivity index (χ1) is 8.43. The van der Waals surface area contributed by atoms with Gasteiger partial charge in [0.05, 0.1) is 5.69 Å². The average molecular weight is 253 g/mol. The average Bonchev–Trinajstić information content (AvgIpc) is 2.61. The van der Waals surface area contributed by atoms with Gasteiger partial charge in [-0.25, -0.2) is 4.79 Å². The number of aliphatic carboxylic acids is 1. The third-order valence-electron chi connectivity index (χ3n) is 2.70. The summed E-state index contributed by atoms with van der Waals surface area (Å²) in [7, 11) is 0. The van der Waals surface area contributed by atoms with Crippen LogP contribution in [0.5, 0.6) is 0 Å². The fourth-order valence-electron chi connectivity index (χ4n) is 1.71. The topological polar surface area (TPSA) is 84.2 Å². The number of carbonyl (C=O) groups is 2. The summed E-state index contributed by atoms with van der Waals surface area (Å²) in [6.07, 6.45) is 0.604. The molecular formula is C12H19N3O3. The zero-order valence-electron chi connectivity index (χ0n) is 10.9. The Bertz CT molecular complexity index is 440. The van der Waals surface area contributed by atoms with E-state index in [0.717, 1.165) is 11.4 Å². The fraction of sp³-hybridized carbons (Fsp3) is 0.583. The summed E-state index contributed by atoms with van der Waals surface area (Å²) < 4.78 is 1.75. The minimum absolute atomic E-state index is 0.228. The molecule has 18 heavy (non-hydrogen) atoms. The number of rotatable bonds is 6. The van der Waals surface area contributed by atoms with Crippen molar-refractivity contribution in [1.82, 2.24) is 15.1 Å². The van der Waals surface area contributed by atoms with E-state index in [4.69, 9.17) is 5.11 Å². The van der Waals surface area contributed by atoms with Gasteiger partial charge in [0.25, 0.3) is 0 Å². The van der Waals surface area contributed by atoms with Crippen molar-refractivity contribution in [3.05, 3.63) is 17.5 Å². The van der Waals surface area contributed by atoms with Crippen LogP contribution in [-0.4, -0.2) is 32.8 Å². The van der Waals surface area contributed by atoms with Crippen LogP contribution in [0.25, 0.3) is 0 Å². The maximum Gasteiger partial charge on any atom is 0.326 e. The molecular weight excluding hydrogens is 234 g/mol. The maximum absolute atomic E-state index is 11.6. The number of hydrogen-bond donors (Lipinski definition) is 2. The number of hydrogen-bond acceptors (Lipinski definition) is 3. The molecule has 0 aliphatic heterocycles. The number of nitrogens with one attached hydrogen (secondary N) is 1. The lowest BCUT2D eigenvalue weighted by Gasteiger charge is -2.12. The highest BCUT2D eigenvalue weighted by atomic mass is 16.4. The molecule has 0 aromatic carbocycles. The molecule has 0 unspecified atom stereocenters. The Labute approximate surface area is 106 Å². The van der Waals surface area contributed by atoms with Crippen LogP contribution >= 0.6 is 0 Å². The molecule has 1 heterocycles. The highest BCUT2D eigenvalue weighted by molar-refractivity contribution is 5.83. The van der Waals surface area contributed by atoms with Gasteiger partial charge in [-0.05, 0) is 26.3 Å². The highest BCUT2D eigenvalue weighted by Crippen LogP contribution is 2.03. The first-order valence-corrected chi connectivity index (χ1v) is 5.97. The first kappa shape index (κ1) is 14.2. The summed E-state index contributed by atoms with van der Waals surface area (Å²) in [5.74, 6) is -1.27. The van der Waals surface area contributed by atoms with Gasteiger partial charge in [0.2, 0.25) is 5.91 Å². The number of nitrogens with zero attached hydrogens (tertiary/aromatic N) is 2. The van der Waals surface area contributed by atoms with Crippen LogP contribution in [0.4, 0.5) is 0 Å². The van der Waals surface area contributed by atoms with Crippen LogP contribution in [-0.2, 0) is 16.1 Å². The normalized spacial score (nSPS) is 12.2. The Kier molecular flexibility index (Phi) is 4.88. The third-order valence-corrected chi connectivity index (χ3v) is 2.70. The maximum atomic E-state index is 11.6. The van der Waals surface area contributed by atoms with Gasteiger partial charge in [-0.15, -0.1) is 0 Å². The van der Waals surface area contributed by atoms with E-state index >= 15 is 0 Å². The lowest BCUT2D eigenvalue weighted by Crippen LogP contribution is -2.40. The van der Waals surface area contributed by atoms with E-state index in [1.165, 1.54) is 0 Å². The molecule has 0 radical (unpaired) electrons. The van der Waals surface area contributed by atoms with Crippen LogP contribution in [0, 0.1) is 13.8 Å². The second-order valence-electron chi connectivity index (χ2n) is 4.27. The molecule has 6 nitrogen and oxygen atoms in total. The van der Waals surface area contributed by atoms with Crippen molar-refractivity contribution in [3.8, 4) is 0 Å². The predicted molar refractivity (Wildman–Crippen MR) is 66.2 cm³/mol. The molecule has 0 fully saturated rings. The summed E-state index contributed by atoms with van der Waals surface area (Å²) in [5, 5.41) is 15.5. The molecule has 1 amide bonds. The number of amides is 1. The lowest BCUT2D eigenvalue weighted by atomic mass is 10.2. The zero-order chi connectivity index (χ0) is 13.7. The van der Waals surface area contributed by atoms with Gasteiger partial charge in [-0.1, -0.05) is 6.92 Å². The van der Waals surface area contributed by atoms with Crippen molar-refractivity contribution in [1.29, 1.82) is 0 Å². The van der Waals surface area contributed by atoms with E-state index < -0.39 is 12.0 Å². The van der Waals surface area contributed by atoms with Gasteiger partial charge in [0, 0.05) is 18.7 Å². The summed E-state index contributed by atoms with van der Waals surface area (Å²) in [6.45, 7) is 5.99. The third kappa shape index (κ3) is 3.87. The smallest absolute Gasteiger partial charge is 0.326 e. The molecule has 0 bridgehead atoms. The Morgan fingerprint density at radius 3 is 2.61 bits per heavy atom. The van der Waals surface area contributed by atoms with Crippen LogP contribution in [0.15, 0.2) is 6.07 Å². The van der Waals surface area contributed by atoms with E-state index in [0.29, 0.717) is 13.0 Å². The van der Waals surface area contributed by atoms with Gasteiger partial charge in [0.15, 0.2) is 0 Å². The van der Waals surface area contributed by atoms with Crippen LogP contribution in [0.2, 0.25) is 0 Å². The number of carbonyl (C=O) groups excluding carboxylic acids is 1. The fourth-order valence-corrected chi connectivity index (χ4v) is 1.71. The van der Waals surface area contributed by atoms with Crippen molar-refractivity contribution >= 4 is 11.9 Å². The summed E-state index contributed by atoms with van der Waals surface area (Å²) in [6, 6.07) is 1.13. The minimum atomic E-state index is -1.00. The van der Waals surface area contributed by atoms with Gasteiger partial charge >= 0.3 is 5.97 Å². The Balaban J connectivity index is 2.46. The first-order valence-electron chi connectivity index (χ1n) is 5.97. The van der Waals surface area contributed by atoms with Crippen molar-refractivity contribution in [3.63, 3.8) is 0 Å². The SMILES string of the molecule is CC[C@@H](NC(=O)CCn1nc(C)cc1C)C(=O)O. The van der Waals surface area contributed by atoms with Gasteiger partial charge in [-0.3, -0.25) is 9.48 Å². The molecule has 1 atom stereocenters. The molecule has 0 saturated carbocycles. The molecule has 0 spiro atoms. The highest BCUT2D eigenvalue weighted by Gasteiger charge is 2.17. The van der Waals surface area contributed by atoms with Crippen molar-refractivity contribution in [2.24, 2.45) is 0 Å². The van der Waals surface area contributed by atoms with Crippen LogP contribution in [0.1, 0.15) is 31.2 Å². The Morgan fingerprint density at radius 1 is 1.50 bits per heavy atom. The summed E-state index contributed by atoms with van der Waals surface area (Å²) in [5.41, 5.74) is 1.90. The molecule has 100 valence electrons. The Morgan fingerprint density at radius 2 is 2.17 bits per heavy atom. The van der Waals surface area contributed by atoms with E-state index in [2.05, 4.69) is 10.4 Å². The second-order valence-corrected chi connectivity index (χ2v) is 4.27. The molecule has 1 aromatic heterocycles. The van der Waals surface area contributed by atoms with Crippen molar-refractivity contribution in [2.45, 2.75) is 46.2 Å². The van der Waals surface area contributed by atoms with Crippen molar-refractivity contribution in [2.75, 3.05) is 0 Å². The standard InChI is InChI=1S/C12H19N3O3/c1-4-10(12(17)18)13-11(16)5-6-15-9(3)7-8(2)14-15/h7,10H,4-6H2,1-3H3,(H,13,16)(H,17,18)/t10-/m1/s1. The van der Waals surface area contributed by atoms with Gasteiger partial charge < -0.3 is 10.4 Å². The molecule has 0 saturated heterocycles. The number of aromatic nitrogens is 2. The number of carboxylic acid groups (broad SMARTS) is 1. The Hall–Kier alpha value is -1.85. The summed E-state index contributed by atoms with van der Waals surface area (Å²) >= 11 is 0. The molecule has 1 aromatic rings. The molecule has 1 rings (SSSR count). The van der Waals surface area contributed by atoms with Gasteiger partial charge in [-0.2, -0.15) is 5.10 Å². The van der Waals surface area contributed by atoms with E-state index in [-0.39, 0.29) is 12.3 Å². The van der Waals surface area contributed by atoms with Crippen LogP contribution in [0.3, 0.4) is 0 Å². The number of carboxylic acids is 1. The molecule has 0 aliphatic carbocycles. The molecule has 6 heteroatoms. The minimum Gasteiger partial charge on any atom is -0.480 e. The van der Waals surface area contributed by atoms with Gasteiger partial charge in [0.1, 0.15) is 6.04 Å². The summed E-state index contributed by atoms with van der Waals surface area (Å²) in [4.78, 5) is 22.4. The predicted octanol–water partition coefficient (Wildman–Crippen LogP) is 0.869. The second kappa shape index (κ2) is 6.18. The van der Waals surface area contributed by atoms with E-state index in [1.807, 2.05) is 19.9 Å². The largest absolute Gasteiger partial charge is 0.480 e. The van der Waals surface area contributed by atoms with E-state index in [1.54, 1.807) is 11.6 Å². The lowest BCUT2D eigenvalue weighted by molar-refractivity contribution is -0.141. The van der Waals surface area contributed by atoms with Crippen molar-refractivity contribution < 1.29 is 14.7 Å². The molecule has 2 N–H and O–H groups in total. The van der Waals surface area contributed by atoms with E-state index in [9.17, 15) is 9.59 Å². The van der Waals surface area contributed by atoms with Crippen LogP contribution < -0.4 is 5.32 Å². The number of aryl methyl sites for hydroxylation is 3. The quantitative estimate of drug-likeness (QED) is 0.787. The monoisotopic (exact) mass is 253 g/mol. The zero-order valence-corrected chi connectivity index (χ0v) is 10.9.